The molecule has 1 aliphatic heterocycles. The minimum atomic E-state index is -3.21. The molecule has 1 aliphatic rings. The smallest absolute Gasteiger partial charge is 0.279 e. The summed E-state index contributed by atoms with van der Waals surface area (Å²) < 4.78 is 25.9. The van der Waals surface area contributed by atoms with Crippen LogP contribution in [0.1, 0.15) is 0 Å². The van der Waals surface area contributed by atoms with E-state index >= 15 is 0 Å². The van der Waals surface area contributed by atoms with Crippen LogP contribution >= 0.6 is 0 Å². The number of hydrogen-bond acceptors (Lipinski definition) is 3. The second-order valence-electron chi connectivity index (χ2n) is 2.76. The second kappa shape index (κ2) is 3.06. The Hall–Kier alpha value is -0.170. The molecule has 0 saturated carbocycles. The summed E-state index contributed by atoms with van der Waals surface area (Å²) in [5, 5.41) is 2.98. The van der Waals surface area contributed by atoms with Crippen molar-refractivity contribution in [1.29, 1.82) is 0 Å². The minimum Gasteiger partial charge on any atom is -0.313 e. The van der Waals surface area contributed by atoms with Crippen LogP contribution in [0, 0.1) is 0 Å². The number of nitrogens with one attached hydrogen (secondary N) is 2. The normalized spacial score (nSPS) is 20.3. The van der Waals surface area contributed by atoms with Gasteiger partial charge in [-0.25, -0.2) is 0 Å². The molecule has 6 heteroatoms. The predicted octanol–water partition coefficient (Wildman–Crippen LogP) is -1.65. The van der Waals surface area contributed by atoms with Crippen molar-refractivity contribution >= 4 is 10.2 Å². The molecular weight excluding hydrogens is 166 g/mol. The van der Waals surface area contributed by atoms with Gasteiger partial charge in [0.25, 0.3) is 10.2 Å². The summed E-state index contributed by atoms with van der Waals surface area (Å²) in [6, 6.07) is 0.0717. The zero-order chi connectivity index (χ0) is 8.48. The first-order valence-electron chi connectivity index (χ1n) is 3.43. The van der Waals surface area contributed by atoms with Crippen LogP contribution in [-0.2, 0) is 10.2 Å². The van der Waals surface area contributed by atoms with Crippen molar-refractivity contribution in [3.05, 3.63) is 0 Å². The SMILES string of the molecule is CN(C)S(=O)(=O)NC1CNC1. The molecule has 1 fully saturated rings. The van der Waals surface area contributed by atoms with Crippen LogP contribution in [-0.4, -0.2) is 45.9 Å². The highest BCUT2D eigenvalue weighted by Crippen LogP contribution is 1.96. The third kappa shape index (κ3) is 2.13. The monoisotopic (exact) mass is 179 g/mol. The predicted molar refractivity (Wildman–Crippen MR) is 42.4 cm³/mol. The fraction of sp³-hybridized carbons (Fsp3) is 1.00. The van der Waals surface area contributed by atoms with Crippen molar-refractivity contribution in [3.63, 3.8) is 0 Å². The summed E-state index contributed by atoms with van der Waals surface area (Å²) in [6.07, 6.45) is 0. The third-order valence-corrected chi connectivity index (χ3v) is 3.17. The van der Waals surface area contributed by atoms with Crippen LogP contribution in [0.15, 0.2) is 0 Å². The average molecular weight is 179 g/mol. The van der Waals surface area contributed by atoms with Gasteiger partial charge in [-0.3, -0.25) is 0 Å². The van der Waals surface area contributed by atoms with E-state index in [2.05, 4.69) is 10.0 Å². The van der Waals surface area contributed by atoms with Gasteiger partial charge in [-0.1, -0.05) is 0 Å². The summed E-state index contributed by atoms with van der Waals surface area (Å²) in [5.74, 6) is 0. The molecule has 66 valence electrons. The summed E-state index contributed by atoms with van der Waals surface area (Å²) in [6.45, 7) is 1.46. The lowest BCUT2D eigenvalue weighted by Gasteiger charge is -2.28. The topological polar surface area (TPSA) is 61.4 Å². The lowest BCUT2D eigenvalue weighted by Crippen LogP contribution is -2.58. The second-order valence-corrected chi connectivity index (χ2v) is 4.68. The minimum absolute atomic E-state index is 0.0717. The molecule has 0 atom stereocenters. The first-order valence-corrected chi connectivity index (χ1v) is 4.87. The zero-order valence-corrected chi connectivity index (χ0v) is 7.48. The Bertz CT molecular complexity index is 220. The van der Waals surface area contributed by atoms with Crippen LogP contribution in [0.5, 0.6) is 0 Å². The van der Waals surface area contributed by atoms with Gasteiger partial charge in [-0.2, -0.15) is 17.4 Å². The molecule has 0 aromatic carbocycles. The van der Waals surface area contributed by atoms with Crippen molar-refractivity contribution in [2.45, 2.75) is 6.04 Å². The highest BCUT2D eigenvalue weighted by molar-refractivity contribution is 7.87. The van der Waals surface area contributed by atoms with Gasteiger partial charge in [0.05, 0.1) is 0 Å². The van der Waals surface area contributed by atoms with E-state index in [1.54, 1.807) is 0 Å². The van der Waals surface area contributed by atoms with E-state index in [-0.39, 0.29) is 6.04 Å². The average Bonchev–Trinajstić information content (AvgIpc) is 1.79. The summed E-state index contributed by atoms with van der Waals surface area (Å²) in [5.41, 5.74) is 0. The molecule has 0 bridgehead atoms. The Morgan fingerprint density at radius 1 is 1.45 bits per heavy atom. The van der Waals surface area contributed by atoms with E-state index in [0.717, 1.165) is 13.1 Å². The van der Waals surface area contributed by atoms with Crippen molar-refractivity contribution in [3.8, 4) is 0 Å². The van der Waals surface area contributed by atoms with Crippen LogP contribution < -0.4 is 10.0 Å². The molecule has 1 rings (SSSR count). The maximum Gasteiger partial charge on any atom is 0.279 e. The Kier molecular flexibility index (Phi) is 2.48. The molecule has 2 N–H and O–H groups in total. The van der Waals surface area contributed by atoms with E-state index in [4.69, 9.17) is 0 Å². The molecule has 11 heavy (non-hydrogen) atoms. The van der Waals surface area contributed by atoms with Gasteiger partial charge in [0, 0.05) is 33.2 Å². The van der Waals surface area contributed by atoms with Gasteiger partial charge in [0.1, 0.15) is 0 Å². The summed E-state index contributed by atoms with van der Waals surface area (Å²) in [4.78, 5) is 0. The molecule has 0 aromatic heterocycles. The van der Waals surface area contributed by atoms with Crippen LogP contribution in [0.2, 0.25) is 0 Å². The Morgan fingerprint density at radius 3 is 2.27 bits per heavy atom. The van der Waals surface area contributed by atoms with Crippen molar-refractivity contribution in [2.75, 3.05) is 27.2 Å². The van der Waals surface area contributed by atoms with Gasteiger partial charge in [0.15, 0.2) is 0 Å². The van der Waals surface area contributed by atoms with Gasteiger partial charge < -0.3 is 5.32 Å². The lowest BCUT2D eigenvalue weighted by molar-refractivity contribution is 0.397. The van der Waals surface area contributed by atoms with Gasteiger partial charge in [-0.05, 0) is 0 Å². The zero-order valence-electron chi connectivity index (χ0n) is 6.66. The molecule has 0 amide bonds. The van der Waals surface area contributed by atoms with Crippen molar-refractivity contribution in [2.24, 2.45) is 0 Å². The largest absolute Gasteiger partial charge is 0.313 e. The fourth-order valence-electron chi connectivity index (χ4n) is 0.688. The van der Waals surface area contributed by atoms with Gasteiger partial charge in [-0.15, -0.1) is 0 Å². The van der Waals surface area contributed by atoms with Gasteiger partial charge in [0.2, 0.25) is 0 Å². The first-order chi connectivity index (χ1) is 5.02. The van der Waals surface area contributed by atoms with E-state index in [1.807, 2.05) is 0 Å². The van der Waals surface area contributed by atoms with Crippen molar-refractivity contribution in [1.82, 2.24) is 14.3 Å². The molecule has 0 aromatic rings. The maximum atomic E-state index is 11.1. The van der Waals surface area contributed by atoms with Crippen molar-refractivity contribution < 1.29 is 8.42 Å². The summed E-state index contributed by atoms with van der Waals surface area (Å²) in [7, 11) is -0.198. The number of hydrogen-bond donors (Lipinski definition) is 2. The fourth-order valence-corrected chi connectivity index (χ4v) is 1.49. The van der Waals surface area contributed by atoms with E-state index in [0.29, 0.717) is 0 Å². The lowest BCUT2D eigenvalue weighted by atomic mass is 10.2. The van der Waals surface area contributed by atoms with Crippen LogP contribution in [0.3, 0.4) is 0 Å². The molecule has 0 aliphatic carbocycles. The molecular formula is C5H13N3O2S. The summed E-state index contributed by atoms with van der Waals surface area (Å²) >= 11 is 0. The first kappa shape index (κ1) is 8.92. The van der Waals surface area contributed by atoms with Crippen LogP contribution in [0.25, 0.3) is 0 Å². The van der Waals surface area contributed by atoms with Crippen LogP contribution in [0.4, 0.5) is 0 Å². The molecule has 1 heterocycles. The van der Waals surface area contributed by atoms with Gasteiger partial charge >= 0.3 is 0 Å². The highest BCUT2D eigenvalue weighted by Gasteiger charge is 2.23. The Morgan fingerprint density at radius 2 is 2.00 bits per heavy atom. The molecule has 0 radical (unpaired) electrons. The molecule has 5 nitrogen and oxygen atoms in total. The molecule has 1 saturated heterocycles. The van der Waals surface area contributed by atoms with E-state index in [1.165, 1.54) is 18.4 Å². The quantitative estimate of drug-likeness (QED) is 0.546. The maximum absolute atomic E-state index is 11.1. The molecule has 0 spiro atoms. The molecule has 0 unspecified atom stereocenters. The number of rotatable bonds is 3. The van der Waals surface area contributed by atoms with E-state index < -0.39 is 10.2 Å². The Balaban J connectivity index is 2.46. The number of nitrogens with zero attached hydrogens (tertiary/aromatic N) is 1. The van der Waals surface area contributed by atoms with E-state index in [9.17, 15) is 8.42 Å². The standard InChI is InChI=1S/C5H13N3O2S/c1-8(2)11(9,10)7-5-3-6-4-5/h5-7H,3-4H2,1-2H3. The Labute approximate surface area is 66.9 Å². The third-order valence-electron chi connectivity index (χ3n) is 1.58. The highest BCUT2D eigenvalue weighted by atomic mass is 32.2.